The molecule has 0 aliphatic heterocycles. The lowest BCUT2D eigenvalue weighted by atomic mass is 9.77. The maximum Gasteiger partial charge on any atom is 0.230 e. The molecule has 3 aromatic carbocycles. The summed E-state index contributed by atoms with van der Waals surface area (Å²) in [5.74, 6) is 1.42. The molecule has 3 aromatic rings. The summed E-state index contributed by atoms with van der Waals surface area (Å²) in [7, 11) is 0.896. The summed E-state index contributed by atoms with van der Waals surface area (Å²) in [6.07, 6.45) is 2.28. The van der Waals surface area contributed by atoms with E-state index in [4.69, 9.17) is 0 Å². The van der Waals surface area contributed by atoms with Crippen LogP contribution in [-0.4, -0.2) is 11.0 Å². The number of benzene rings is 3. The molecule has 0 amide bonds. The minimum absolute atomic E-state index is 0.262. The van der Waals surface area contributed by atoms with Crippen LogP contribution in [0.4, 0.5) is 0 Å². The van der Waals surface area contributed by atoms with Gasteiger partial charge in [-0.25, -0.2) is 0 Å². The Morgan fingerprint density at radius 3 is 1.97 bits per heavy atom. The zero-order chi connectivity index (χ0) is 20.7. The first-order valence-electron chi connectivity index (χ1n) is 9.92. The van der Waals surface area contributed by atoms with Gasteiger partial charge in [-0.15, -0.1) is 8.46 Å². The molecule has 0 N–H and O–H groups in total. The first-order valence-corrected chi connectivity index (χ1v) is 12.4. The van der Waals surface area contributed by atoms with Crippen LogP contribution in [0.2, 0.25) is 0 Å². The summed E-state index contributed by atoms with van der Waals surface area (Å²) in [6, 6.07) is 30.1. The quantitative estimate of drug-likeness (QED) is 0.120. The van der Waals surface area contributed by atoms with Gasteiger partial charge >= 0.3 is 0 Å². The molecule has 1 unspecified atom stereocenters. The van der Waals surface area contributed by atoms with Crippen molar-refractivity contribution in [1.29, 1.82) is 0 Å². The first kappa shape index (κ1) is 22.2. The van der Waals surface area contributed by atoms with Gasteiger partial charge in [0, 0.05) is 36.6 Å². The van der Waals surface area contributed by atoms with Crippen LogP contribution >= 0.6 is 30.8 Å². The highest BCUT2D eigenvalue weighted by Crippen LogP contribution is 2.39. The van der Waals surface area contributed by atoms with E-state index in [1.54, 1.807) is 0 Å². The van der Waals surface area contributed by atoms with Gasteiger partial charge in [-0.1, -0.05) is 50.8 Å². The van der Waals surface area contributed by atoms with E-state index in [0.717, 1.165) is 20.5 Å². The molecule has 1 atom stereocenters. The minimum atomic E-state index is 0.262. The summed E-state index contributed by atoms with van der Waals surface area (Å²) < 4.78 is 0. The third-order valence-electron chi connectivity index (χ3n) is 5.14. The fraction of sp³-hybridized carbons (Fsp3) is 0.192. The molecule has 3 rings (SSSR count). The Bertz CT molecular complexity index is 904. The van der Waals surface area contributed by atoms with Crippen molar-refractivity contribution in [2.45, 2.75) is 20.3 Å². The highest BCUT2D eigenvalue weighted by atomic mass is 127. The van der Waals surface area contributed by atoms with Crippen LogP contribution in [0.5, 0.6) is 0 Å². The smallest absolute Gasteiger partial charge is 0.152 e. The second-order valence-electron chi connectivity index (χ2n) is 8.10. The summed E-state index contributed by atoms with van der Waals surface area (Å²) in [4.78, 5) is 2.27. The molecule has 0 saturated carbocycles. The molecular formula is C26H27BIP+. The Balaban J connectivity index is 1.87. The number of hydrogen-bond acceptors (Lipinski definition) is 0. The molecule has 0 fully saturated rings. The van der Waals surface area contributed by atoms with Gasteiger partial charge in [0.05, 0.1) is 11.1 Å². The normalized spacial score (nSPS) is 11.6. The van der Waals surface area contributed by atoms with Gasteiger partial charge in [-0.05, 0) is 58.6 Å². The third-order valence-corrected chi connectivity index (χ3v) is 7.78. The van der Waals surface area contributed by atoms with Crippen molar-refractivity contribution in [3.05, 3.63) is 120 Å². The molecular weight excluding hydrogens is 481 g/mol. The van der Waals surface area contributed by atoms with Crippen molar-refractivity contribution in [3.63, 3.8) is 0 Å². The van der Waals surface area contributed by atoms with Crippen LogP contribution in [-0.2, 0) is 0 Å². The SMILES string of the molecule is C=C(c1ccccc1)c1ccc([C+](CC(C)(C)CP[B]I)c2ccccc2)cc1. The van der Waals surface area contributed by atoms with E-state index in [2.05, 4.69) is 127 Å². The zero-order valence-electron chi connectivity index (χ0n) is 17.2. The Labute approximate surface area is 192 Å². The zero-order valence-corrected chi connectivity index (χ0v) is 20.3. The van der Waals surface area contributed by atoms with Crippen molar-refractivity contribution in [3.8, 4) is 0 Å². The third kappa shape index (κ3) is 6.23. The van der Waals surface area contributed by atoms with Gasteiger partial charge in [0.1, 0.15) is 0 Å². The Morgan fingerprint density at radius 2 is 1.38 bits per heavy atom. The van der Waals surface area contributed by atoms with Crippen molar-refractivity contribution in [1.82, 2.24) is 0 Å². The largest absolute Gasteiger partial charge is 0.230 e. The van der Waals surface area contributed by atoms with E-state index in [-0.39, 0.29) is 5.41 Å². The number of hydrogen-bond donors (Lipinski definition) is 0. The van der Waals surface area contributed by atoms with Gasteiger partial charge in [-0.3, -0.25) is 0 Å². The fourth-order valence-corrected chi connectivity index (χ4v) is 4.96. The molecule has 3 heteroatoms. The van der Waals surface area contributed by atoms with Crippen molar-refractivity contribution < 1.29 is 0 Å². The predicted octanol–water partition coefficient (Wildman–Crippen LogP) is 7.78. The molecule has 145 valence electrons. The van der Waals surface area contributed by atoms with Crippen LogP contribution < -0.4 is 0 Å². The molecule has 0 spiro atoms. The van der Waals surface area contributed by atoms with E-state index in [9.17, 15) is 0 Å². The van der Waals surface area contributed by atoms with Gasteiger partial charge in [0.2, 0.25) is 4.86 Å². The van der Waals surface area contributed by atoms with E-state index in [1.165, 1.54) is 34.3 Å². The molecule has 0 aromatic heterocycles. The maximum absolute atomic E-state index is 4.31. The van der Waals surface area contributed by atoms with Crippen LogP contribution in [0, 0.1) is 11.3 Å². The fourth-order valence-electron chi connectivity index (χ4n) is 3.54. The molecule has 29 heavy (non-hydrogen) atoms. The predicted molar refractivity (Wildman–Crippen MR) is 140 cm³/mol. The first-order chi connectivity index (χ1) is 14.0. The summed E-state index contributed by atoms with van der Waals surface area (Å²) in [5.41, 5.74) is 6.29. The molecule has 0 saturated heterocycles. The number of rotatable bonds is 9. The highest BCUT2D eigenvalue weighted by Gasteiger charge is 2.29. The molecule has 1 radical (unpaired) electrons. The van der Waals surface area contributed by atoms with Gasteiger partial charge in [0.15, 0.2) is 0 Å². The van der Waals surface area contributed by atoms with Crippen LogP contribution in [0.3, 0.4) is 0 Å². The van der Waals surface area contributed by atoms with Gasteiger partial charge in [0.25, 0.3) is 0 Å². The van der Waals surface area contributed by atoms with Gasteiger partial charge < -0.3 is 0 Å². The Morgan fingerprint density at radius 1 is 0.862 bits per heavy atom. The van der Waals surface area contributed by atoms with Crippen LogP contribution in [0.15, 0.2) is 91.5 Å². The van der Waals surface area contributed by atoms with E-state index < -0.39 is 0 Å². The average molecular weight is 508 g/mol. The van der Waals surface area contributed by atoms with E-state index in [0.29, 0.717) is 0 Å². The molecule has 0 aliphatic carbocycles. The average Bonchev–Trinajstić information content (AvgIpc) is 2.77. The van der Waals surface area contributed by atoms with Crippen LogP contribution in [0.1, 0.15) is 42.5 Å². The van der Waals surface area contributed by atoms with Crippen LogP contribution in [0.25, 0.3) is 5.57 Å². The lowest BCUT2D eigenvalue weighted by molar-refractivity contribution is 0.406. The van der Waals surface area contributed by atoms with Crippen molar-refractivity contribution in [2.75, 3.05) is 6.16 Å². The second kappa shape index (κ2) is 10.5. The highest BCUT2D eigenvalue weighted by molar-refractivity contribution is 14.1. The topological polar surface area (TPSA) is 0 Å². The lowest BCUT2D eigenvalue weighted by Gasteiger charge is -2.27. The number of halogens is 1. The summed E-state index contributed by atoms with van der Waals surface area (Å²) >= 11 is 2.37. The second-order valence-corrected chi connectivity index (χ2v) is 10.9. The summed E-state index contributed by atoms with van der Waals surface area (Å²) in [6.45, 7) is 9.08. The molecule has 0 bridgehead atoms. The van der Waals surface area contributed by atoms with Crippen molar-refractivity contribution >= 4 is 41.3 Å². The van der Waals surface area contributed by atoms with Gasteiger partial charge in [-0.2, -0.15) is 22.4 Å². The minimum Gasteiger partial charge on any atom is -0.152 e. The van der Waals surface area contributed by atoms with E-state index >= 15 is 0 Å². The molecule has 0 aliphatic rings. The maximum atomic E-state index is 4.31. The molecule has 0 heterocycles. The Kier molecular flexibility index (Phi) is 8.03. The monoisotopic (exact) mass is 508 g/mol. The standard InChI is InChI=1S/C26H27BIP/c1-20(21-10-6-4-7-11-21)22-14-16-24(17-15-22)25(23-12-8-5-9-13-23)18-26(2,3)19-29-27-28/h4-17,29H,1,18-19H2,2-3H3/q+1. The van der Waals surface area contributed by atoms with E-state index in [1.807, 2.05) is 6.07 Å². The van der Waals surface area contributed by atoms with Crippen molar-refractivity contribution in [2.24, 2.45) is 5.41 Å². The summed E-state index contributed by atoms with van der Waals surface area (Å²) in [5, 5.41) is 0. The molecule has 0 nitrogen and oxygen atoms in total. The lowest BCUT2D eigenvalue weighted by Crippen LogP contribution is -2.20. The Hall–Kier alpha value is -1.51.